The predicted molar refractivity (Wildman–Crippen MR) is 529 cm³/mol. The standard InChI is InChI=1S/C114H88N10O8/c1-67-9-21-73(22-10-67)103-85-35-39-89(117-85)105(75-25-13-69(3)14-26-75)93-43-47-97(121-93)109(98-48-44-94(122-98)106(90-40-36-86(103)118-90)76-27-15-70(4)16-28-76)83-63-81(111(101(65-83)127-7)129-59-61-131-113(125)79-51-55-115-56-52-79)33-34-82-64-84(66-102(128-8)112(82)130-60-62-132-114(126)80-53-57-116-58-54-80)110-99-49-45-95(123-99)107(77-29-17-71(5)18-30-77)91-41-37-87(119-91)104(74-23-11-68(2)12-24-74)88-38-42-92(120-88)108(96-46-50-100(110)124-96)78-31-19-72(6)20-32-78/h9-32,35-58,63-66,117,119,122,124H,59-62H2,1-8H3. The zero-order valence-electron chi connectivity index (χ0n) is 73.8. The number of esters is 2. The Balaban J connectivity index is 0.839. The average Bonchev–Trinajstić information content (AvgIpc) is 1.58. The summed E-state index contributed by atoms with van der Waals surface area (Å²) >= 11 is 0. The molecule has 0 saturated carbocycles. The Bertz CT molecular complexity index is 7300. The number of pyridine rings is 2. The Kier molecular flexibility index (Phi) is 22.7. The van der Waals surface area contributed by atoms with Crippen LogP contribution in [0, 0.1) is 53.4 Å². The number of nitrogens with one attached hydrogen (secondary N) is 4. The molecule has 0 fully saturated rings. The summed E-state index contributed by atoms with van der Waals surface area (Å²) in [4.78, 5) is 73.9. The lowest BCUT2D eigenvalue weighted by Crippen LogP contribution is -2.13. The molecule has 18 nitrogen and oxygen atoms in total. The van der Waals surface area contributed by atoms with Gasteiger partial charge in [0.1, 0.15) is 26.4 Å². The van der Waals surface area contributed by atoms with E-state index >= 15 is 0 Å². The third-order valence-electron chi connectivity index (χ3n) is 24.0. The molecule has 0 unspecified atom stereocenters. The van der Waals surface area contributed by atoms with Crippen molar-refractivity contribution in [2.24, 2.45) is 0 Å². The first-order valence-corrected chi connectivity index (χ1v) is 43.7. The zero-order valence-corrected chi connectivity index (χ0v) is 73.8. The van der Waals surface area contributed by atoms with E-state index in [-0.39, 0.29) is 37.9 Å². The first kappa shape index (κ1) is 83.2. The Morgan fingerprint density at radius 1 is 0.265 bits per heavy atom. The summed E-state index contributed by atoms with van der Waals surface area (Å²) in [6.07, 6.45) is 22.8. The summed E-state index contributed by atoms with van der Waals surface area (Å²) < 4.78 is 38.7. The van der Waals surface area contributed by atoms with Gasteiger partial charge in [0.15, 0.2) is 23.0 Å². The highest BCUT2D eigenvalue weighted by molar-refractivity contribution is 6.04. The quantitative estimate of drug-likeness (QED) is 0.0316. The smallest absolute Gasteiger partial charge is 0.338 e. The van der Waals surface area contributed by atoms with Crippen LogP contribution in [0.2, 0.25) is 0 Å². The van der Waals surface area contributed by atoms with Crippen molar-refractivity contribution in [1.82, 2.24) is 49.8 Å². The fourth-order valence-corrected chi connectivity index (χ4v) is 17.3. The third kappa shape index (κ3) is 16.8. The SMILES string of the molecule is COc1cc(-c2c3nc(c(-c4ccc(C)cc4)c4ccc([nH]4)c(-c4ccc(C)cc4)c4nc(c(-c5ccc(C)cc5)c5ccc2[nH]5)C=C4)C=C3)cc(C#Cc2cc(-c3c4nc(c(-c5ccc(C)cc5)c5ccc([nH]5)c(-c5ccc(C)cc5)c5nc(c(-c6ccc(C)cc6)c6ccc3[nH]6)C=C5)C=C4)cc(OC)c2OCCOC(=O)c2ccncc2)c1OCCOC(=O)c1ccncc1. The van der Waals surface area contributed by atoms with Crippen molar-refractivity contribution >= 4 is 105 Å². The van der Waals surface area contributed by atoms with Gasteiger partial charge in [0, 0.05) is 113 Å². The minimum Gasteiger partial charge on any atom is -0.493 e. The van der Waals surface area contributed by atoms with Crippen LogP contribution in [0.1, 0.15) is 111 Å². The third-order valence-corrected chi connectivity index (χ3v) is 24.0. The van der Waals surface area contributed by atoms with Crippen molar-refractivity contribution in [3.63, 3.8) is 0 Å². The largest absolute Gasteiger partial charge is 0.493 e. The second-order valence-electron chi connectivity index (χ2n) is 33.0. The summed E-state index contributed by atoms with van der Waals surface area (Å²) in [5, 5.41) is 0. The molecule has 0 atom stereocenters. The number of nitrogens with zero attached hydrogens (tertiary/aromatic N) is 6. The molecule has 8 aromatic carbocycles. The van der Waals surface area contributed by atoms with Crippen LogP contribution in [0.4, 0.5) is 0 Å². The summed E-state index contributed by atoms with van der Waals surface area (Å²) in [6.45, 7) is 12.0. The van der Waals surface area contributed by atoms with Gasteiger partial charge in [-0.1, -0.05) is 191 Å². The Labute approximate surface area is 762 Å². The number of carbonyl (C=O) groups excluding carboxylic acids is 2. The van der Waals surface area contributed by atoms with Crippen LogP contribution in [0.25, 0.3) is 182 Å². The molecule has 642 valence electrons. The second kappa shape index (κ2) is 36.0. The summed E-state index contributed by atoms with van der Waals surface area (Å²) in [7, 11) is 3.16. The van der Waals surface area contributed by atoms with Crippen LogP contribution >= 0.6 is 0 Å². The predicted octanol–water partition coefficient (Wildman–Crippen LogP) is 25.5. The second-order valence-corrected chi connectivity index (χ2v) is 33.0. The van der Waals surface area contributed by atoms with Crippen LogP contribution in [0.5, 0.6) is 23.0 Å². The maximum atomic E-state index is 13.7. The number of ether oxygens (including phenoxy) is 6. The molecule has 0 spiro atoms. The number of aromatic nitrogens is 10. The van der Waals surface area contributed by atoms with Gasteiger partial charge in [-0.05, 0) is 232 Å². The molecule has 0 amide bonds. The minimum atomic E-state index is -0.555. The van der Waals surface area contributed by atoms with Gasteiger partial charge in [-0.3, -0.25) is 9.97 Å². The molecule has 4 aliphatic rings. The van der Waals surface area contributed by atoms with Gasteiger partial charge in [0.05, 0.1) is 82.0 Å². The lowest BCUT2D eigenvalue weighted by Gasteiger charge is -2.16. The van der Waals surface area contributed by atoms with Gasteiger partial charge in [-0.25, -0.2) is 29.5 Å². The minimum absolute atomic E-state index is 0.128. The molecule has 18 heteroatoms. The number of hydrogen-bond donors (Lipinski definition) is 4. The van der Waals surface area contributed by atoms with Crippen molar-refractivity contribution in [3.8, 4) is 124 Å². The summed E-state index contributed by atoms with van der Waals surface area (Å²) in [5.41, 5.74) is 34.1. The normalized spacial score (nSPS) is 11.8. The fraction of sp³-hybridized carbons (Fsp3) is 0.105. The van der Waals surface area contributed by atoms with E-state index in [2.05, 4.69) is 314 Å². The number of benzene rings is 8. The number of fused-ring (bicyclic) bond motifs is 16. The van der Waals surface area contributed by atoms with Crippen molar-refractivity contribution in [2.45, 2.75) is 41.5 Å². The van der Waals surface area contributed by atoms with E-state index in [4.69, 9.17) is 48.4 Å². The van der Waals surface area contributed by atoms with Crippen LogP contribution in [0.3, 0.4) is 0 Å². The number of carbonyl (C=O) groups is 2. The number of aromatic amines is 4. The highest BCUT2D eigenvalue weighted by Gasteiger charge is 2.27. The Hall–Kier alpha value is -17.0. The highest BCUT2D eigenvalue weighted by Crippen LogP contribution is 2.47. The molecular formula is C114H88N10O8. The van der Waals surface area contributed by atoms with E-state index < -0.39 is 11.9 Å². The van der Waals surface area contributed by atoms with Gasteiger partial charge >= 0.3 is 11.9 Å². The molecule has 0 radical (unpaired) electrons. The van der Waals surface area contributed by atoms with Crippen LogP contribution in [0.15, 0.2) is 267 Å². The summed E-state index contributed by atoms with van der Waals surface area (Å²) in [5.74, 6) is 7.21. The van der Waals surface area contributed by atoms with Gasteiger partial charge in [0.25, 0.3) is 0 Å². The lowest BCUT2D eigenvalue weighted by atomic mass is 9.98. The maximum Gasteiger partial charge on any atom is 0.338 e. The number of aryl methyl sites for hydroxylation is 6. The molecule has 4 N–H and O–H groups in total. The molecule has 12 heterocycles. The number of hydrogen-bond acceptors (Lipinski definition) is 14. The van der Waals surface area contributed by atoms with Gasteiger partial charge in [0.2, 0.25) is 0 Å². The highest BCUT2D eigenvalue weighted by atomic mass is 16.6. The first-order valence-electron chi connectivity index (χ1n) is 43.7. The van der Waals surface area contributed by atoms with Crippen molar-refractivity contribution in [2.75, 3.05) is 40.6 Å². The lowest BCUT2D eigenvalue weighted by molar-refractivity contribution is 0.0441. The van der Waals surface area contributed by atoms with Crippen LogP contribution in [-0.4, -0.2) is 102 Å². The van der Waals surface area contributed by atoms with E-state index in [1.54, 1.807) is 38.5 Å². The molecule has 16 aromatic rings. The molecule has 0 aliphatic carbocycles. The van der Waals surface area contributed by atoms with E-state index in [0.717, 1.165) is 156 Å². The van der Waals surface area contributed by atoms with Gasteiger partial charge < -0.3 is 48.4 Å². The average molecular weight is 1730 g/mol. The molecule has 0 saturated heterocycles. The number of methoxy groups -OCH3 is 2. The molecule has 8 aromatic heterocycles. The Morgan fingerprint density at radius 3 is 0.689 bits per heavy atom. The molecular weight excluding hydrogens is 1640 g/mol. The molecule has 16 bridgehead atoms. The molecule has 4 aliphatic heterocycles. The maximum absolute atomic E-state index is 13.7. The zero-order chi connectivity index (χ0) is 90.0. The topological polar surface area (TPSA) is 230 Å². The summed E-state index contributed by atoms with van der Waals surface area (Å²) in [6, 6.07) is 82.2. The number of rotatable bonds is 20. The van der Waals surface area contributed by atoms with Crippen LogP contribution < -0.4 is 18.9 Å². The fourth-order valence-electron chi connectivity index (χ4n) is 17.3. The first-order chi connectivity index (χ1) is 64.6. The molecule has 20 rings (SSSR count). The van der Waals surface area contributed by atoms with Gasteiger partial charge in [-0.2, -0.15) is 0 Å². The molecule has 132 heavy (non-hydrogen) atoms. The van der Waals surface area contributed by atoms with E-state index in [9.17, 15) is 9.59 Å². The number of H-pyrrole nitrogens is 4. The monoisotopic (exact) mass is 1720 g/mol. The van der Waals surface area contributed by atoms with E-state index in [1.165, 1.54) is 24.8 Å². The van der Waals surface area contributed by atoms with Gasteiger partial charge in [-0.15, -0.1) is 0 Å². The van der Waals surface area contributed by atoms with E-state index in [1.807, 2.05) is 36.4 Å². The van der Waals surface area contributed by atoms with Crippen LogP contribution in [-0.2, 0) is 9.47 Å². The van der Waals surface area contributed by atoms with E-state index in [0.29, 0.717) is 89.8 Å². The van der Waals surface area contributed by atoms with Crippen molar-refractivity contribution in [1.29, 1.82) is 0 Å². The van der Waals surface area contributed by atoms with Crippen molar-refractivity contribution in [3.05, 3.63) is 369 Å². The van der Waals surface area contributed by atoms with Crippen molar-refractivity contribution < 1.29 is 38.0 Å². The Morgan fingerprint density at radius 2 is 0.477 bits per heavy atom.